The van der Waals surface area contributed by atoms with Crippen molar-refractivity contribution < 1.29 is 24.2 Å². The fraction of sp³-hybridized carbons (Fsp3) is 0.211. The molecule has 0 aliphatic rings. The molecule has 0 unspecified atom stereocenters. The van der Waals surface area contributed by atoms with Crippen LogP contribution in [0, 0.1) is 0 Å². The second-order valence-electron chi connectivity index (χ2n) is 5.55. The van der Waals surface area contributed by atoms with Gasteiger partial charge in [-0.2, -0.15) is 0 Å². The molecule has 3 N–H and O–H groups in total. The van der Waals surface area contributed by atoms with Crippen molar-refractivity contribution in [1.82, 2.24) is 5.32 Å². The molecule has 0 radical (unpaired) electrons. The first kappa shape index (κ1) is 19.0. The summed E-state index contributed by atoms with van der Waals surface area (Å²) in [5.41, 5.74) is 2.29. The Morgan fingerprint density at radius 1 is 0.923 bits per heavy atom. The number of rotatable bonds is 8. The van der Waals surface area contributed by atoms with E-state index in [2.05, 4.69) is 10.6 Å². The zero-order chi connectivity index (χ0) is 18.8. The molecule has 2 aromatic rings. The van der Waals surface area contributed by atoms with Crippen LogP contribution in [0.5, 0.6) is 0 Å². The first-order valence-electron chi connectivity index (χ1n) is 8.08. The van der Waals surface area contributed by atoms with Gasteiger partial charge in [0.05, 0.1) is 0 Å². The van der Waals surface area contributed by atoms with Gasteiger partial charge in [-0.3, -0.25) is 9.59 Å². The van der Waals surface area contributed by atoms with E-state index in [-0.39, 0.29) is 25.5 Å². The molecule has 0 aliphatic heterocycles. The van der Waals surface area contributed by atoms with E-state index < -0.39 is 12.1 Å². The summed E-state index contributed by atoms with van der Waals surface area (Å²) in [6.45, 7) is -0.0829. The van der Waals surface area contributed by atoms with Crippen LogP contribution < -0.4 is 10.6 Å². The van der Waals surface area contributed by atoms with Crippen molar-refractivity contribution in [2.24, 2.45) is 0 Å². The average molecular weight is 356 g/mol. The van der Waals surface area contributed by atoms with Crippen molar-refractivity contribution in [2.75, 3.05) is 11.9 Å². The van der Waals surface area contributed by atoms with E-state index in [0.29, 0.717) is 12.1 Å². The Morgan fingerprint density at radius 2 is 1.62 bits per heavy atom. The molecule has 0 atom stereocenters. The highest BCUT2D eigenvalue weighted by atomic mass is 16.5. The van der Waals surface area contributed by atoms with Gasteiger partial charge >= 0.3 is 12.1 Å². The Hall–Kier alpha value is -3.35. The van der Waals surface area contributed by atoms with Crippen molar-refractivity contribution in [1.29, 1.82) is 0 Å². The lowest BCUT2D eigenvalue weighted by molar-refractivity contribution is -0.137. The quantitative estimate of drug-likeness (QED) is 0.674. The van der Waals surface area contributed by atoms with E-state index >= 15 is 0 Å². The minimum Gasteiger partial charge on any atom is -0.481 e. The summed E-state index contributed by atoms with van der Waals surface area (Å²) < 4.78 is 5.01. The van der Waals surface area contributed by atoms with Gasteiger partial charge in [0.25, 0.3) is 0 Å². The molecule has 0 bridgehead atoms. The van der Waals surface area contributed by atoms with Crippen molar-refractivity contribution in [3.63, 3.8) is 0 Å². The molecule has 0 saturated carbocycles. The number of hydrogen-bond acceptors (Lipinski definition) is 4. The number of carboxylic acid groups (broad SMARTS) is 1. The molecule has 2 amide bonds. The topological polar surface area (TPSA) is 105 Å². The molecule has 7 nitrogen and oxygen atoms in total. The summed E-state index contributed by atoms with van der Waals surface area (Å²) in [6.07, 6.45) is -0.188. The predicted octanol–water partition coefficient (Wildman–Crippen LogP) is 2.57. The molecule has 0 fully saturated rings. The van der Waals surface area contributed by atoms with Gasteiger partial charge in [0.2, 0.25) is 5.91 Å². The van der Waals surface area contributed by atoms with Gasteiger partial charge in [-0.15, -0.1) is 0 Å². The van der Waals surface area contributed by atoms with E-state index in [9.17, 15) is 14.4 Å². The Labute approximate surface area is 151 Å². The number of ether oxygens (including phenoxy) is 1. The highest BCUT2D eigenvalue weighted by Gasteiger charge is 2.07. The molecule has 7 heteroatoms. The zero-order valence-corrected chi connectivity index (χ0v) is 14.1. The van der Waals surface area contributed by atoms with Crippen molar-refractivity contribution in [3.05, 3.63) is 65.7 Å². The van der Waals surface area contributed by atoms with Gasteiger partial charge in [-0.25, -0.2) is 4.79 Å². The maximum absolute atomic E-state index is 11.8. The highest BCUT2D eigenvalue weighted by molar-refractivity contribution is 5.93. The van der Waals surface area contributed by atoms with Crippen LogP contribution in [0.2, 0.25) is 0 Å². The fourth-order valence-corrected chi connectivity index (χ4v) is 2.14. The third-order valence-electron chi connectivity index (χ3n) is 3.47. The minimum atomic E-state index is -0.854. The molecule has 2 rings (SSSR count). The summed E-state index contributed by atoms with van der Waals surface area (Å²) >= 11 is 0. The van der Waals surface area contributed by atoms with Crippen LogP contribution in [0.25, 0.3) is 0 Å². The van der Waals surface area contributed by atoms with Crippen molar-refractivity contribution >= 4 is 23.7 Å². The minimum absolute atomic E-state index is 0.0563. The van der Waals surface area contributed by atoms with Gasteiger partial charge in [-0.1, -0.05) is 42.5 Å². The van der Waals surface area contributed by atoms with E-state index in [4.69, 9.17) is 9.84 Å². The number of aryl methyl sites for hydroxylation is 1. The van der Waals surface area contributed by atoms with Crippen LogP contribution in [0.4, 0.5) is 10.5 Å². The number of alkyl carbamates (subject to hydrolysis) is 1. The predicted molar refractivity (Wildman–Crippen MR) is 95.7 cm³/mol. The van der Waals surface area contributed by atoms with E-state index in [1.165, 1.54) is 0 Å². The van der Waals surface area contributed by atoms with E-state index in [0.717, 1.165) is 11.1 Å². The average Bonchev–Trinajstić information content (AvgIpc) is 2.65. The third-order valence-corrected chi connectivity index (χ3v) is 3.47. The normalized spacial score (nSPS) is 10.0. The van der Waals surface area contributed by atoms with Crippen LogP contribution in [-0.4, -0.2) is 29.6 Å². The van der Waals surface area contributed by atoms with Crippen LogP contribution in [0.1, 0.15) is 17.5 Å². The summed E-state index contributed by atoms with van der Waals surface area (Å²) in [6, 6.07) is 16.1. The van der Waals surface area contributed by atoms with Crippen molar-refractivity contribution in [2.45, 2.75) is 19.4 Å². The maximum atomic E-state index is 11.8. The Bertz CT molecular complexity index is 744. The lowest BCUT2D eigenvalue weighted by Gasteiger charge is -2.08. The Kier molecular flexibility index (Phi) is 7.17. The SMILES string of the molecule is O=C(O)CCc1ccc(NC(=O)CNC(=O)OCc2ccccc2)cc1. The number of aliphatic carboxylic acids is 1. The van der Waals surface area contributed by atoms with Crippen LogP contribution in [0.15, 0.2) is 54.6 Å². The Balaban J connectivity index is 1.69. The molecule has 136 valence electrons. The molecule has 0 saturated heterocycles. The molecule has 0 aromatic heterocycles. The van der Waals surface area contributed by atoms with Crippen LogP contribution in [0.3, 0.4) is 0 Å². The summed E-state index contributed by atoms with van der Waals surface area (Å²) in [4.78, 5) is 34.0. The van der Waals surface area contributed by atoms with Crippen molar-refractivity contribution in [3.8, 4) is 0 Å². The molecule has 26 heavy (non-hydrogen) atoms. The van der Waals surface area contributed by atoms with Gasteiger partial charge in [0.15, 0.2) is 0 Å². The first-order chi connectivity index (χ1) is 12.5. The number of hydrogen-bond donors (Lipinski definition) is 3. The second-order valence-corrected chi connectivity index (χ2v) is 5.55. The van der Waals surface area contributed by atoms with E-state index in [1.807, 2.05) is 30.3 Å². The number of carbonyl (C=O) groups excluding carboxylic acids is 2. The number of amides is 2. The fourth-order valence-electron chi connectivity index (χ4n) is 2.14. The molecule has 2 aromatic carbocycles. The maximum Gasteiger partial charge on any atom is 0.407 e. The molecule has 0 spiro atoms. The monoisotopic (exact) mass is 356 g/mol. The van der Waals surface area contributed by atoms with Crippen LogP contribution >= 0.6 is 0 Å². The summed E-state index contributed by atoms with van der Waals surface area (Å²) in [5.74, 6) is -1.24. The number of nitrogens with one attached hydrogen (secondary N) is 2. The second kappa shape index (κ2) is 9.83. The number of benzene rings is 2. The largest absolute Gasteiger partial charge is 0.481 e. The molecular formula is C19H20N2O5. The van der Waals surface area contributed by atoms with Gasteiger partial charge in [0.1, 0.15) is 13.2 Å². The standard InChI is InChI=1S/C19H20N2O5/c22-17(12-20-19(25)26-13-15-4-2-1-3-5-15)21-16-9-6-14(7-10-16)8-11-18(23)24/h1-7,9-10H,8,11-13H2,(H,20,25)(H,21,22)(H,23,24). The molecule has 0 aliphatic carbocycles. The highest BCUT2D eigenvalue weighted by Crippen LogP contribution is 2.11. The van der Waals surface area contributed by atoms with Gasteiger partial charge in [0, 0.05) is 12.1 Å². The van der Waals surface area contributed by atoms with E-state index in [1.54, 1.807) is 24.3 Å². The zero-order valence-electron chi connectivity index (χ0n) is 14.1. The number of carboxylic acids is 1. The molecule has 0 heterocycles. The van der Waals surface area contributed by atoms with Gasteiger partial charge in [-0.05, 0) is 29.7 Å². The van der Waals surface area contributed by atoms with Gasteiger partial charge < -0.3 is 20.5 Å². The first-order valence-corrected chi connectivity index (χ1v) is 8.08. The number of anilines is 1. The lowest BCUT2D eigenvalue weighted by Crippen LogP contribution is -2.33. The smallest absolute Gasteiger partial charge is 0.407 e. The summed E-state index contributed by atoms with van der Waals surface area (Å²) in [5, 5.41) is 13.7. The Morgan fingerprint density at radius 3 is 2.27 bits per heavy atom. The third kappa shape index (κ3) is 7.04. The summed E-state index contributed by atoms with van der Waals surface area (Å²) in [7, 11) is 0. The lowest BCUT2D eigenvalue weighted by atomic mass is 10.1. The number of carbonyl (C=O) groups is 3. The molecular weight excluding hydrogens is 336 g/mol. The van der Waals surface area contributed by atoms with Crippen LogP contribution in [-0.2, 0) is 27.4 Å².